The highest BCUT2D eigenvalue weighted by molar-refractivity contribution is 6.04. The van der Waals surface area contributed by atoms with E-state index >= 15 is 0 Å². The second kappa shape index (κ2) is 8.09. The van der Waals surface area contributed by atoms with Gasteiger partial charge in [0, 0.05) is 23.4 Å². The molecule has 0 unspecified atom stereocenters. The second-order valence-corrected chi connectivity index (χ2v) is 8.59. The van der Waals surface area contributed by atoms with Crippen molar-refractivity contribution in [3.05, 3.63) is 65.4 Å². The predicted molar refractivity (Wildman–Crippen MR) is 119 cm³/mol. The van der Waals surface area contributed by atoms with E-state index in [2.05, 4.69) is 20.4 Å². The molecule has 0 radical (unpaired) electrons. The number of nitrogens with zero attached hydrogens (tertiary/aromatic N) is 4. The maximum Gasteiger partial charge on any atom is 0.274 e. The fourth-order valence-corrected chi connectivity index (χ4v) is 3.74. The molecule has 0 spiro atoms. The first kappa shape index (κ1) is 20.1. The van der Waals surface area contributed by atoms with Crippen LogP contribution in [0, 0.1) is 6.92 Å². The molecule has 1 aliphatic carbocycles. The lowest BCUT2D eigenvalue weighted by Crippen LogP contribution is -2.35. The number of aromatic nitrogens is 4. The van der Waals surface area contributed by atoms with Gasteiger partial charge in [0.1, 0.15) is 17.4 Å². The normalized spacial score (nSPS) is 16.2. The van der Waals surface area contributed by atoms with Gasteiger partial charge in [-0.2, -0.15) is 4.98 Å². The molecule has 0 bridgehead atoms. The fraction of sp³-hybridized carbons (Fsp3) is 0.333. The summed E-state index contributed by atoms with van der Waals surface area (Å²) in [6.07, 6.45) is 5.78. The average Bonchev–Trinajstić information content (AvgIpc) is 3.36. The number of amides is 1. The molecule has 0 atom stereocenters. The van der Waals surface area contributed by atoms with Crippen LogP contribution in [-0.4, -0.2) is 44.8 Å². The van der Waals surface area contributed by atoms with E-state index in [1.807, 2.05) is 43.5 Å². The largest absolute Gasteiger partial charge is 0.376 e. The summed E-state index contributed by atoms with van der Waals surface area (Å²) < 4.78 is 18.0. The van der Waals surface area contributed by atoms with Crippen molar-refractivity contribution in [2.45, 2.75) is 38.4 Å². The van der Waals surface area contributed by atoms with Crippen molar-refractivity contribution in [3.8, 4) is 11.4 Å². The van der Waals surface area contributed by atoms with E-state index in [0.717, 1.165) is 29.5 Å². The molecule has 2 fully saturated rings. The van der Waals surface area contributed by atoms with Crippen molar-refractivity contribution >= 4 is 17.2 Å². The number of aryl methyl sites for hydroxylation is 1. The number of nitrogens with one attached hydrogen (secondary N) is 1. The number of imidazole rings is 1. The minimum absolute atomic E-state index is 0.161. The molecule has 3 aromatic heterocycles. The van der Waals surface area contributed by atoms with Gasteiger partial charge in [0.15, 0.2) is 0 Å². The number of pyridine rings is 1. The second-order valence-electron chi connectivity index (χ2n) is 8.59. The number of ether oxygens (including phenoxy) is 2. The van der Waals surface area contributed by atoms with Crippen LogP contribution in [0.4, 0.5) is 5.69 Å². The van der Waals surface area contributed by atoms with Crippen molar-refractivity contribution in [1.29, 1.82) is 0 Å². The van der Waals surface area contributed by atoms with Gasteiger partial charge in [-0.25, -0.2) is 4.98 Å². The quantitative estimate of drug-likeness (QED) is 0.462. The van der Waals surface area contributed by atoms with Crippen LogP contribution in [0.1, 0.15) is 46.3 Å². The molecule has 1 amide bonds. The summed E-state index contributed by atoms with van der Waals surface area (Å²) in [5.74, 6) is 1.37. The molecule has 1 N–H and O–H groups in total. The summed E-state index contributed by atoms with van der Waals surface area (Å²) in [5.41, 5.74) is 4.57. The molecule has 1 aromatic carbocycles. The maximum absolute atomic E-state index is 13.1. The van der Waals surface area contributed by atoms with Gasteiger partial charge in [0.25, 0.3) is 5.91 Å². The third kappa shape index (κ3) is 4.01. The fourth-order valence-electron chi connectivity index (χ4n) is 3.74. The molecule has 2 aliphatic rings. The number of rotatable bonds is 7. The number of carbonyl (C=O) groups excluding carboxylic acids is 1. The first-order valence-corrected chi connectivity index (χ1v) is 11.1. The van der Waals surface area contributed by atoms with Gasteiger partial charge in [-0.05, 0) is 49.1 Å². The van der Waals surface area contributed by atoms with Crippen LogP contribution in [0.2, 0.25) is 0 Å². The summed E-state index contributed by atoms with van der Waals surface area (Å²) in [7, 11) is 0. The van der Waals surface area contributed by atoms with Crippen LogP contribution in [0.5, 0.6) is 0 Å². The van der Waals surface area contributed by atoms with Crippen molar-refractivity contribution < 1.29 is 18.8 Å². The Kier molecular flexibility index (Phi) is 4.92. The number of benzene rings is 1. The van der Waals surface area contributed by atoms with Gasteiger partial charge in [-0.3, -0.25) is 9.20 Å². The number of hydrogen-bond donors (Lipinski definition) is 1. The average molecular weight is 445 g/mol. The van der Waals surface area contributed by atoms with Gasteiger partial charge in [0.05, 0.1) is 26.0 Å². The topological polar surface area (TPSA) is 104 Å². The molecule has 4 aromatic rings. The van der Waals surface area contributed by atoms with Gasteiger partial charge in [-0.15, -0.1) is 0 Å². The Bertz CT molecular complexity index is 1340. The lowest BCUT2D eigenvalue weighted by Gasteiger charge is -2.25. The van der Waals surface area contributed by atoms with Gasteiger partial charge >= 0.3 is 0 Å². The molecular formula is C24H23N5O4. The maximum atomic E-state index is 13.1. The van der Waals surface area contributed by atoms with Crippen molar-refractivity contribution in [1.82, 2.24) is 19.5 Å². The number of hydrogen-bond acceptors (Lipinski definition) is 7. The van der Waals surface area contributed by atoms with E-state index < -0.39 is 0 Å². The summed E-state index contributed by atoms with van der Waals surface area (Å²) in [6.45, 7) is 3.72. The summed E-state index contributed by atoms with van der Waals surface area (Å²) in [4.78, 5) is 22.0. The highest BCUT2D eigenvalue weighted by atomic mass is 16.6. The van der Waals surface area contributed by atoms with Gasteiger partial charge < -0.3 is 19.3 Å². The van der Waals surface area contributed by atoms with E-state index in [1.165, 1.54) is 0 Å². The zero-order valence-corrected chi connectivity index (χ0v) is 18.2. The molecule has 33 heavy (non-hydrogen) atoms. The molecule has 168 valence electrons. The highest BCUT2D eigenvalue weighted by Gasteiger charge is 2.30. The Balaban J connectivity index is 1.20. The SMILES string of the molecule is Cc1ccc(-c2noc(C3CC3)n2)cc1NC(=O)c1cnc2cc(COC3COC3)ccn12. The van der Waals surface area contributed by atoms with Crippen molar-refractivity contribution in [2.75, 3.05) is 18.5 Å². The minimum Gasteiger partial charge on any atom is -0.376 e. The highest BCUT2D eigenvalue weighted by Crippen LogP contribution is 2.39. The summed E-state index contributed by atoms with van der Waals surface area (Å²) in [6, 6.07) is 9.60. The summed E-state index contributed by atoms with van der Waals surface area (Å²) >= 11 is 0. The number of carbonyl (C=O) groups is 1. The van der Waals surface area contributed by atoms with Crippen LogP contribution in [0.15, 0.2) is 47.2 Å². The molecule has 9 nitrogen and oxygen atoms in total. The molecule has 6 rings (SSSR count). The lowest BCUT2D eigenvalue weighted by molar-refractivity contribution is -0.135. The lowest BCUT2D eigenvalue weighted by atomic mass is 10.1. The smallest absolute Gasteiger partial charge is 0.274 e. The number of fused-ring (bicyclic) bond motifs is 1. The molecular weight excluding hydrogens is 422 g/mol. The van der Waals surface area contributed by atoms with Crippen molar-refractivity contribution in [3.63, 3.8) is 0 Å². The van der Waals surface area contributed by atoms with E-state index in [4.69, 9.17) is 14.0 Å². The molecule has 1 saturated heterocycles. The first-order chi connectivity index (χ1) is 16.1. The molecule has 1 saturated carbocycles. The number of anilines is 1. The Labute approximate surface area is 189 Å². The van der Waals surface area contributed by atoms with Gasteiger partial charge in [0.2, 0.25) is 11.7 Å². The monoisotopic (exact) mass is 445 g/mol. The summed E-state index contributed by atoms with van der Waals surface area (Å²) in [5, 5.41) is 7.10. The van der Waals surface area contributed by atoms with Gasteiger partial charge in [-0.1, -0.05) is 17.3 Å². The Morgan fingerprint density at radius 3 is 2.91 bits per heavy atom. The zero-order valence-electron chi connectivity index (χ0n) is 18.2. The third-order valence-corrected chi connectivity index (χ3v) is 6.02. The van der Waals surface area contributed by atoms with E-state index in [1.54, 1.807) is 10.6 Å². The van der Waals surface area contributed by atoms with Crippen LogP contribution in [0.3, 0.4) is 0 Å². The molecule has 4 heterocycles. The van der Waals surface area contributed by atoms with Crippen molar-refractivity contribution in [2.24, 2.45) is 0 Å². The van der Waals surface area contributed by atoms with Crippen LogP contribution in [-0.2, 0) is 16.1 Å². The zero-order chi connectivity index (χ0) is 22.4. The van der Waals surface area contributed by atoms with E-state index in [-0.39, 0.29) is 12.0 Å². The molecule has 9 heteroatoms. The van der Waals surface area contributed by atoms with Crippen LogP contribution >= 0.6 is 0 Å². The van der Waals surface area contributed by atoms with E-state index in [9.17, 15) is 4.79 Å². The minimum atomic E-state index is -0.245. The Morgan fingerprint density at radius 1 is 1.24 bits per heavy atom. The predicted octanol–water partition coefficient (Wildman–Crippen LogP) is 3.74. The first-order valence-electron chi connectivity index (χ1n) is 11.1. The van der Waals surface area contributed by atoms with E-state index in [0.29, 0.717) is 54.5 Å². The third-order valence-electron chi connectivity index (χ3n) is 6.02. The molecule has 1 aliphatic heterocycles. The standard InChI is InChI=1S/C24H23N5O4/c1-14-2-3-17(22-27-24(33-28-22)16-4-5-16)9-19(14)26-23(30)20-10-25-21-8-15(6-7-29(20)21)11-32-18-12-31-13-18/h2-3,6-10,16,18H,4-5,11-13H2,1H3,(H,26,30). The van der Waals surface area contributed by atoms with Crippen LogP contribution < -0.4 is 5.32 Å². The Hall–Kier alpha value is -3.56. The Morgan fingerprint density at radius 2 is 2.12 bits per heavy atom. The van der Waals surface area contributed by atoms with Crippen LogP contribution in [0.25, 0.3) is 17.0 Å².